The van der Waals surface area contributed by atoms with E-state index in [4.69, 9.17) is 11.0 Å². The van der Waals surface area contributed by atoms with Crippen LogP contribution >= 0.6 is 0 Å². The smallest absolute Gasteiger partial charge is 0.273 e. The molecular weight excluding hydrogens is 248 g/mol. The average molecular weight is 260 g/mol. The number of carbonyl (C=O) groups is 3. The van der Waals surface area contributed by atoms with Crippen LogP contribution in [0.5, 0.6) is 0 Å². The highest BCUT2D eigenvalue weighted by Crippen LogP contribution is 2.04. The summed E-state index contributed by atoms with van der Waals surface area (Å²) in [5.41, 5.74) is 5.26. The molecule has 3 amide bonds. The normalized spacial score (nSPS) is 9.26. The second-order valence-electron chi connectivity index (χ2n) is 3.48. The van der Waals surface area contributed by atoms with Gasteiger partial charge in [0.25, 0.3) is 11.8 Å². The number of nitrogens with zero attached hydrogens (tertiary/aromatic N) is 2. The molecule has 1 aromatic carbocycles. The van der Waals surface area contributed by atoms with Gasteiger partial charge in [-0.3, -0.25) is 14.4 Å². The van der Waals surface area contributed by atoms with Gasteiger partial charge in [-0.15, -0.1) is 0 Å². The quantitative estimate of drug-likeness (QED) is 0.543. The predicted molar refractivity (Wildman–Crippen MR) is 65.3 cm³/mol. The maximum Gasteiger partial charge on any atom is 0.273 e. The minimum Gasteiger partial charge on any atom is -0.346 e. The number of carbonyl (C=O) groups excluding carboxylic acids is 3. The van der Waals surface area contributed by atoms with Gasteiger partial charge < -0.3 is 11.1 Å². The van der Waals surface area contributed by atoms with Gasteiger partial charge in [-0.1, -0.05) is 18.2 Å². The molecule has 0 spiro atoms. The highest BCUT2D eigenvalue weighted by atomic mass is 16.2. The molecule has 0 unspecified atom stereocenters. The van der Waals surface area contributed by atoms with Crippen molar-refractivity contribution in [2.75, 3.05) is 13.1 Å². The highest BCUT2D eigenvalue weighted by Gasteiger charge is 2.22. The third-order valence-electron chi connectivity index (χ3n) is 2.20. The first-order chi connectivity index (χ1) is 9.10. The molecule has 0 aliphatic heterocycles. The van der Waals surface area contributed by atoms with Gasteiger partial charge in [0.05, 0.1) is 13.1 Å². The zero-order valence-corrected chi connectivity index (χ0v) is 10.00. The van der Waals surface area contributed by atoms with Crippen LogP contribution in [-0.4, -0.2) is 35.7 Å². The summed E-state index contributed by atoms with van der Waals surface area (Å²) in [7, 11) is 0. The summed E-state index contributed by atoms with van der Waals surface area (Å²) in [6.45, 7) is -0.728. The summed E-state index contributed by atoms with van der Waals surface area (Å²) in [4.78, 5) is 34.8. The Labute approximate surface area is 109 Å². The fourth-order valence-corrected chi connectivity index (χ4v) is 1.25. The average Bonchev–Trinajstić information content (AvgIpc) is 2.46. The Morgan fingerprint density at radius 1 is 1.26 bits per heavy atom. The first kappa shape index (κ1) is 14.3. The monoisotopic (exact) mass is 260 g/mol. The first-order valence-corrected chi connectivity index (χ1v) is 5.39. The molecule has 19 heavy (non-hydrogen) atoms. The number of nitrogens with two attached hydrogens (primary N) is 1. The van der Waals surface area contributed by atoms with Crippen LogP contribution in [-0.2, 0) is 9.59 Å². The Hall–Kier alpha value is -2.72. The Kier molecular flexibility index (Phi) is 5.19. The molecule has 98 valence electrons. The molecule has 0 aromatic heterocycles. The summed E-state index contributed by atoms with van der Waals surface area (Å²) >= 11 is 0. The van der Waals surface area contributed by atoms with E-state index in [-0.39, 0.29) is 12.1 Å². The highest BCUT2D eigenvalue weighted by molar-refractivity contribution is 6.07. The van der Waals surface area contributed by atoms with Gasteiger partial charge in [0.2, 0.25) is 5.91 Å². The number of nitrogens with one attached hydrogen (secondary N) is 1. The number of rotatable bonds is 4. The van der Waals surface area contributed by atoms with Gasteiger partial charge in [-0.25, -0.2) is 0 Å². The maximum atomic E-state index is 11.9. The van der Waals surface area contributed by atoms with E-state index in [0.717, 1.165) is 0 Å². The molecule has 0 atom stereocenters. The zero-order chi connectivity index (χ0) is 14.3. The maximum absolute atomic E-state index is 11.9. The molecule has 3 N–H and O–H groups in total. The van der Waals surface area contributed by atoms with E-state index in [1.54, 1.807) is 18.2 Å². The molecule has 1 aromatic rings. The van der Waals surface area contributed by atoms with Gasteiger partial charge in [0.15, 0.2) is 6.19 Å². The van der Waals surface area contributed by atoms with E-state index in [0.29, 0.717) is 4.90 Å². The van der Waals surface area contributed by atoms with Gasteiger partial charge in [0, 0.05) is 5.56 Å². The minimum absolute atomic E-state index is 0.211. The molecule has 0 saturated heterocycles. The summed E-state index contributed by atoms with van der Waals surface area (Å²) in [5.74, 6) is -2.10. The summed E-state index contributed by atoms with van der Waals surface area (Å²) in [6.07, 6.45) is 1.49. The first-order valence-electron chi connectivity index (χ1n) is 5.39. The van der Waals surface area contributed by atoms with Crippen LogP contribution in [0.4, 0.5) is 0 Å². The SMILES string of the molecule is N#CN(C(=O)CNC(=O)CN)C(=O)c1ccccc1. The van der Waals surface area contributed by atoms with Crippen molar-refractivity contribution in [3.8, 4) is 6.19 Å². The van der Waals surface area contributed by atoms with Crippen molar-refractivity contribution in [1.29, 1.82) is 5.26 Å². The lowest BCUT2D eigenvalue weighted by atomic mass is 10.2. The summed E-state index contributed by atoms with van der Waals surface area (Å²) in [5, 5.41) is 11.0. The Morgan fingerprint density at radius 2 is 1.89 bits per heavy atom. The van der Waals surface area contributed by atoms with Crippen LogP contribution in [0.25, 0.3) is 0 Å². The van der Waals surface area contributed by atoms with Crippen molar-refractivity contribution in [1.82, 2.24) is 10.2 Å². The fraction of sp³-hybridized carbons (Fsp3) is 0.167. The number of amides is 3. The van der Waals surface area contributed by atoms with Crippen LogP contribution in [0.3, 0.4) is 0 Å². The number of benzene rings is 1. The van der Waals surface area contributed by atoms with Crippen LogP contribution < -0.4 is 11.1 Å². The lowest BCUT2D eigenvalue weighted by Gasteiger charge is -2.12. The summed E-state index contributed by atoms with van der Waals surface area (Å²) in [6, 6.07) is 7.90. The molecule has 0 aliphatic carbocycles. The number of nitriles is 1. The van der Waals surface area contributed by atoms with E-state index >= 15 is 0 Å². The Bertz CT molecular complexity index is 522. The molecule has 0 bridgehead atoms. The van der Waals surface area contributed by atoms with Gasteiger partial charge in [-0.2, -0.15) is 10.2 Å². The second kappa shape index (κ2) is 6.88. The molecule has 1 rings (SSSR count). The van der Waals surface area contributed by atoms with E-state index < -0.39 is 24.3 Å². The van der Waals surface area contributed by atoms with Crippen molar-refractivity contribution < 1.29 is 14.4 Å². The lowest BCUT2D eigenvalue weighted by molar-refractivity contribution is -0.128. The number of hydrogen-bond donors (Lipinski definition) is 2. The van der Waals surface area contributed by atoms with E-state index in [9.17, 15) is 14.4 Å². The number of hydrogen-bond acceptors (Lipinski definition) is 5. The van der Waals surface area contributed by atoms with Gasteiger partial charge >= 0.3 is 0 Å². The van der Waals surface area contributed by atoms with Crippen LogP contribution in [0.1, 0.15) is 10.4 Å². The van der Waals surface area contributed by atoms with Crippen molar-refractivity contribution in [2.24, 2.45) is 5.73 Å². The molecule has 0 heterocycles. The van der Waals surface area contributed by atoms with Crippen LogP contribution in [0.15, 0.2) is 30.3 Å². The van der Waals surface area contributed by atoms with Gasteiger partial charge in [0.1, 0.15) is 0 Å². The largest absolute Gasteiger partial charge is 0.346 e. The van der Waals surface area contributed by atoms with Crippen LogP contribution in [0.2, 0.25) is 0 Å². The van der Waals surface area contributed by atoms with Crippen LogP contribution in [0, 0.1) is 11.5 Å². The molecule has 0 radical (unpaired) electrons. The minimum atomic E-state index is -0.821. The van der Waals surface area contributed by atoms with Crippen molar-refractivity contribution in [3.05, 3.63) is 35.9 Å². The summed E-state index contributed by atoms with van der Waals surface area (Å²) < 4.78 is 0. The number of imide groups is 1. The molecular formula is C12H12N4O3. The molecule has 0 saturated carbocycles. The molecule has 0 fully saturated rings. The second-order valence-corrected chi connectivity index (χ2v) is 3.48. The van der Waals surface area contributed by atoms with E-state index in [1.165, 1.54) is 18.3 Å². The molecule has 7 heteroatoms. The topological polar surface area (TPSA) is 116 Å². The molecule has 7 nitrogen and oxygen atoms in total. The third-order valence-corrected chi connectivity index (χ3v) is 2.20. The van der Waals surface area contributed by atoms with E-state index in [1.807, 2.05) is 0 Å². The van der Waals surface area contributed by atoms with Crippen molar-refractivity contribution in [2.45, 2.75) is 0 Å². The fourth-order valence-electron chi connectivity index (χ4n) is 1.25. The van der Waals surface area contributed by atoms with Crippen molar-refractivity contribution >= 4 is 17.7 Å². The zero-order valence-electron chi connectivity index (χ0n) is 10.00. The standard InChI is InChI=1S/C12H12N4O3/c13-6-10(17)15-7-11(18)16(8-14)12(19)9-4-2-1-3-5-9/h1-5H,6-7,13H2,(H,15,17). The van der Waals surface area contributed by atoms with E-state index in [2.05, 4.69) is 5.32 Å². The molecule has 0 aliphatic rings. The lowest BCUT2D eigenvalue weighted by Crippen LogP contribution is -2.42. The predicted octanol–water partition coefficient (Wildman–Crippen LogP) is -0.789. The van der Waals surface area contributed by atoms with Crippen molar-refractivity contribution in [3.63, 3.8) is 0 Å². The Morgan fingerprint density at radius 3 is 2.42 bits per heavy atom. The Balaban J connectivity index is 2.73. The third kappa shape index (κ3) is 3.90. The van der Waals surface area contributed by atoms with Gasteiger partial charge in [-0.05, 0) is 12.1 Å².